The summed E-state index contributed by atoms with van der Waals surface area (Å²) in [5, 5.41) is 3.95. The van der Waals surface area contributed by atoms with Gasteiger partial charge < -0.3 is 9.47 Å². The van der Waals surface area contributed by atoms with E-state index >= 15 is 0 Å². The fourth-order valence-corrected chi connectivity index (χ4v) is 2.37. The van der Waals surface area contributed by atoms with Crippen LogP contribution in [0.2, 0.25) is 0 Å². The van der Waals surface area contributed by atoms with Gasteiger partial charge in [0.2, 0.25) is 5.79 Å². The van der Waals surface area contributed by atoms with Crippen molar-refractivity contribution in [2.24, 2.45) is 0 Å². The van der Waals surface area contributed by atoms with Crippen LogP contribution in [0.3, 0.4) is 0 Å². The van der Waals surface area contributed by atoms with Crippen LogP contribution in [0.1, 0.15) is 5.56 Å². The van der Waals surface area contributed by atoms with Crippen molar-refractivity contribution in [2.75, 3.05) is 6.61 Å². The lowest BCUT2D eigenvalue weighted by Gasteiger charge is -2.28. The summed E-state index contributed by atoms with van der Waals surface area (Å²) in [7, 11) is 0. The molecule has 2 unspecified atom stereocenters. The first-order chi connectivity index (χ1) is 9.59. The van der Waals surface area contributed by atoms with Gasteiger partial charge in [-0.15, -0.1) is 12.6 Å². The minimum Gasteiger partial charge on any atom is -0.341 e. The lowest BCUT2D eigenvalue weighted by atomic mass is 10.0. The number of hydrogen-bond donors (Lipinski definition) is 1. The third-order valence-corrected chi connectivity index (χ3v) is 3.22. The average Bonchev–Trinajstić information content (AvgIpc) is 3.00. The highest BCUT2D eigenvalue weighted by Crippen LogP contribution is 2.38. The number of thiol groups is 1. The monoisotopic (exact) mass is 299 g/mol. The van der Waals surface area contributed by atoms with E-state index in [0.717, 1.165) is 12.1 Å². The predicted octanol–water partition coefficient (Wildman–Crippen LogP) is 1.71. The van der Waals surface area contributed by atoms with Gasteiger partial charge in [0.1, 0.15) is 36.3 Å². The van der Waals surface area contributed by atoms with Crippen molar-refractivity contribution >= 4 is 12.6 Å². The molecule has 3 rings (SSSR count). The molecule has 2 aromatic rings. The Morgan fingerprint density at radius 3 is 2.90 bits per heavy atom. The second kappa shape index (κ2) is 5.12. The summed E-state index contributed by atoms with van der Waals surface area (Å²) >= 11 is 4.17. The average molecular weight is 299 g/mol. The van der Waals surface area contributed by atoms with Gasteiger partial charge in [0.25, 0.3) is 0 Å². The molecule has 1 aliphatic rings. The summed E-state index contributed by atoms with van der Waals surface area (Å²) in [6.07, 6.45) is 2.81. The van der Waals surface area contributed by atoms with Crippen molar-refractivity contribution in [3.05, 3.63) is 48.1 Å². The van der Waals surface area contributed by atoms with Gasteiger partial charge in [-0.1, -0.05) is 0 Å². The van der Waals surface area contributed by atoms with Gasteiger partial charge in [-0.25, -0.2) is 18.4 Å². The van der Waals surface area contributed by atoms with Crippen molar-refractivity contribution in [3.63, 3.8) is 0 Å². The van der Waals surface area contributed by atoms with Crippen LogP contribution in [0.4, 0.5) is 8.78 Å². The maximum Gasteiger partial charge on any atom is 0.219 e. The van der Waals surface area contributed by atoms with E-state index < -0.39 is 22.9 Å². The number of hydrogen-bond acceptors (Lipinski definition) is 5. The SMILES string of the molecule is Fc1ccc(C2(Cn3cncn3)OCC(S)O2)c(F)c1. The molecule has 2 atom stereocenters. The Bertz CT molecular complexity index is 611. The largest absolute Gasteiger partial charge is 0.341 e. The molecule has 1 aromatic carbocycles. The number of ether oxygens (including phenoxy) is 2. The van der Waals surface area contributed by atoms with Crippen molar-refractivity contribution in [3.8, 4) is 0 Å². The molecule has 0 aliphatic carbocycles. The van der Waals surface area contributed by atoms with Crippen LogP contribution in [0, 0.1) is 11.6 Å². The molecular weight excluding hydrogens is 288 g/mol. The van der Waals surface area contributed by atoms with E-state index in [9.17, 15) is 8.78 Å². The molecule has 1 aromatic heterocycles. The van der Waals surface area contributed by atoms with Crippen LogP contribution in [0.25, 0.3) is 0 Å². The summed E-state index contributed by atoms with van der Waals surface area (Å²) < 4.78 is 39.7. The first-order valence-electron chi connectivity index (χ1n) is 5.87. The van der Waals surface area contributed by atoms with E-state index in [2.05, 4.69) is 22.7 Å². The minimum absolute atomic E-state index is 0.0899. The minimum atomic E-state index is -1.39. The Kier molecular flexibility index (Phi) is 3.45. The highest BCUT2D eigenvalue weighted by atomic mass is 32.1. The molecule has 8 heteroatoms. The normalized spacial score (nSPS) is 26.1. The van der Waals surface area contributed by atoms with Gasteiger partial charge in [0.15, 0.2) is 0 Å². The Morgan fingerprint density at radius 2 is 2.30 bits per heavy atom. The highest BCUT2D eigenvalue weighted by molar-refractivity contribution is 7.80. The van der Waals surface area contributed by atoms with Crippen molar-refractivity contribution in [1.29, 1.82) is 0 Å². The molecule has 1 aliphatic heterocycles. The number of halogens is 2. The van der Waals surface area contributed by atoms with Crippen LogP contribution in [0.15, 0.2) is 30.9 Å². The van der Waals surface area contributed by atoms with E-state index in [0.29, 0.717) is 0 Å². The zero-order chi connectivity index (χ0) is 14.2. The Morgan fingerprint density at radius 1 is 1.45 bits per heavy atom. The van der Waals surface area contributed by atoms with Crippen LogP contribution in [-0.2, 0) is 21.8 Å². The second-order valence-corrected chi connectivity index (χ2v) is 4.93. The number of benzene rings is 1. The van der Waals surface area contributed by atoms with Crippen LogP contribution in [-0.4, -0.2) is 26.8 Å². The van der Waals surface area contributed by atoms with Crippen LogP contribution >= 0.6 is 12.6 Å². The molecule has 20 heavy (non-hydrogen) atoms. The molecule has 1 fully saturated rings. The van der Waals surface area contributed by atoms with E-state index in [1.165, 1.54) is 23.4 Å². The smallest absolute Gasteiger partial charge is 0.219 e. The molecule has 2 heterocycles. The lowest BCUT2D eigenvalue weighted by molar-refractivity contribution is -0.182. The van der Waals surface area contributed by atoms with Crippen LogP contribution in [0.5, 0.6) is 0 Å². The Balaban J connectivity index is 2.01. The summed E-state index contributed by atoms with van der Waals surface area (Å²) in [5.41, 5.74) is -0.395. The van der Waals surface area contributed by atoms with Crippen molar-refractivity contribution in [1.82, 2.24) is 14.8 Å². The van der Waals surface area contributed by atoms with Gasteiger partial charge >= 0.3 is 0 Å². The lowest BCUT2D eigenvalue weighted by Crippen LogP contribution is -2.34. The van der Waals surface area contributed by atoms with E-state index in [1.807, 2.05) is 0 Å². The van der Waals surface area contributed by atoms with Gasteiger partial charge in [-0.05, 0) is 12.1 Å². The summed E-state index contributed by atoms with van der Waals surface area (Å²) in [5.74, 6) is -2.80. The third-order valence-electron chi connectivity index (χ3n) is 2.96. The van der Waals surface area contributed by atoms with Gasteiger partial charge in [0.05, 0.1) is 6.61 Å². The molecule has 0 spiro atoms. The highest BCUT2D eigenvalue weighted by Gasteiger charge is 2.45. The topological polar surface area (TPSA) is 49.2 Å². The summed E-state index contributed by atoms with van der Waals surface area (Å²) in [6.45, 7) is 0.279. The first kappa shape index (κ1) is 13.5. The Hall–Kier alpha value is -1.51. The molecule has 0 bridgehead atoms. The van der Waals surface area contributed by atoms with Crippen LogP contribution < -0.4 is 0 Å². The first-order valence-corrected chi connectivity index (χ1v) is 6.38. The molecule has 106 valence electrons. The zero-order valence-electron chi connectivity index (χ0n) is 10.2. The van der Waals surface area contributed by atoms with Gasteiger partial charge in [-0.2, -0.15) is 5.10 Å². The fraction of sp³-hybridized carbons (Fsp3) is 0.333. The quantitative estimate of drug-likeness (QED) is 0.877. The third kappa shape index (κ3) is 2.41. The molecule has 0 radical (unpaired) electrons. The zero-order valence-corrected chi connectivity index (χ0v) is 11.1. The molecule has 0 N–H and O–H groups in total. The molecular formula is C12H11F2N3O2S. The number of rotatable bonds is 3. The maximum absolute atomic E-state index is 14.0. The maximum atomic E-state index is 14.0. The molecule has 1 saturated heterocycles. The second-order valence-electron chi connectivity index (χ2n) is 4.35. The molecule has 5 nitrogen and oxygen atoms in total. The number of nitrogens with zero attached hydrogens (tertiary/aromatic N) is 3. The van der Waals surface area contributed by atoms with E-state index in [-0.39, 0.29) is 18.7 Å². The number of aromatic nitrogens is 3. The van der Waals surface area contributed by atoms with Crippen molar-refractivity contribution in [2.45, 2.75) is 17.8 Å². The van der Waals surface area contributed by atoms with E-state index in [1.54, 1.807) is 0 Å². The van der Waals surface area contributed by atoms with Crippen molar-refractivity contribution < 1.29 is 18.3 Å². The van der Waals surface area contributed by atoms with Gasteiger partial charge in [-0.3, -0.25) is 0 Å². The Labute approximate surface area is 118 Å². The predicted molar refractivity (Wildman–Crippen MR) is 67.9 cm³/mol. The summed E-state index contributed by atoms with van der Waals surface area (Å²) in [6, 6.07) is 3.24. The fourth-order valence-electron chi connectivity index (χ4n) is 2.13. The molecule has 0 amide bonds. The molecule has 0 saturated carbocycles. The van der Waals surface area contributed by atoms with Gasteiger partial charge in [0, 0.05) is 11.6 Å². The van der Waals surface area contributed by atoms with E-state index in [4.69, 9.17) is 9.47 Å². The standard InChI is InChI=1S/C12H11F2N3O2S/c13-8-1-2-9(10(14)3-8)12(18-4-11(20)19-12)5-17-7-15-6-16-17/h1-3,6-7,11,20H,4-5H2. The summed E-state index contributed by atoms with van der Waals surface area (Å²) in [4.78, 5) is 3.81.